The molecule has 0 atom stereocenters. The number of hydrogen-bond donors (Lipinski definition) is 1. The Labute approximate surface area is 184 Å². The second kappa shape index (κ2) is 11.3. The van der Waals surface area contributed by atoms with Crippen LogP contribution in [0.1, 0.15) is 11.1 Å². The van der Waals surface area contributed by atoms with E-state index < -0.39 is 11.9 Å². The van der Waals surface area contributed by atoms with Crippen molar-refractivity contribution in [1.82, 2.24) is 5.43 Å². The highest BCUT2D eigenvalue weighted by Gasteiger charge is 2.02. The summed E-state index contributed by atoms with van der Waals surface area (Å²) in [4.78, 5) is 23.7. The number of hydrogen-bond acceptors (Lipinski definition) is 5. The SMILES string of the molecule is O=C(COc1ccc(Cl)cc1)N/N=C\c1ccc(OC(=O)/C=C/c2ccccc2)cc1. The average molecular weight is 435 g/mol. The summed E-state index contributed by atoms with van der Waals surface area (Å²) in [5.41, 5.74) is 4.01. The predicted molar refractivity (Wildman–Crippen MR) is 120 cm³/mol. The Bertz CT molecular complexity index is 1060. The summed E-state index contributed by atoms with van der Waals surface area (Å²) in [5.74, 6) is 0.0627. The number of hydrazone groups is 1. The maximum Gasteiger partial charge on any atom is 0.336 e. The number of nitrogens with one attached hydrogen (secondary N) is 1. The first-order chi connectivity index (χ1) is 15.1. The first kappa shape index (κ1) is 21.8. The molecule has 0 radical (unpaired) electrons. The van der Waals surface area contributed by atoms with Gasteiger partial charge in [-0.25, -0.2) is 10.2 Å². The molecule has 3 aromatic rings. The number of carbonyl (C=O) groups is 2. The van der Waals surface area contributed by atoms with Crippen LogP contribution >= 0.6 is 11.6 Å². The summed E-state index contributed by atoms with van der Waals surface area (Å²) < 4.78 is 10.6. The molecule has 0 aliphatic heterocycles. The van der Waals surface area contributed by atoms with Gasteiger partial charge >= 0.3 is 5.97 Å². The van der Waals surface area contributed by atoms with Crippen LogP contribution in [0.5, 0.6) is 11.5 Å². The van der Waals surface area contributed by atoms with Crippen molar-refractivity contribution in [2.24, 2.45) is 5.10 Å². The minimum atomic E-state index is -0.474. The molecule has 0 spiro atoms. The Hall–Kier alpha value is -3.90. The smallest absolute Gasteiger partial charge is 0.336 e. The van der Waals surface area contributed by atoms with Gasteiger partial charge < -0.3 is 9.47 Å². The van der Waals surface area contributed by atoms with Crippen LogP contribution in [-0.2, 0) is 9.59 Å². The highest BCUT2D eigenvalue weighted by Crippen LogP contribution is 2.15. The second-order valence-electron chi connectivity index (χ2n) is 6.27. The van der Waals surface area contributed by atoms with E-state index in [4.69, 9.17) is 21.1 Å². The Morgan fingerprint density at radius 2 is 1.55 bits per heavy atom. The summed E-state index contributed by atoms with van der Waals surface area (Å²) in [5, 5.41) is 4.47. The van der Waals surface area contributed by atoms with Crippen molar-refractivity contribution in [3.05, 3.63) is 101 Å². The van der Waals surface area contributed by atoms with Gasteiger partial charge in [-0.15, -0.1) is 0 Å². The molecule has 31 heavy (non-hydrogen) atoms. The maximum atomic E-state index is 11.9. The van der Waals surface area contributed by atoms with Gasteiger partial charge in [0.1, 0.15) is 11.5 Å². The lowest BCUT2D eigenvalue weighted by Gasteiger charge is -2.04. The fraction of sp³-hybridized carbons (Fsp3) is 0.0417. The number of halogens is 1. The molecule has 3 rings (SSSR count). The van der Waals surface area contributed by atoms with Crippen LogP contribution in [0.2, 0.25) is 5.02 Å². The fourth-order valence-corrected chi connectivity index (χ4v) is 2.52. The quantitative estimate of drug-likeness (QED) is 0.186. The minimum absolute atomic E-state index is 0.176. The molecule has 0 aliphatic carbocycles. The molecule has 7 heteroatoms. The topological polar surface area (TPSA) is 77.0 Å². The molecular weight excluding hydrogens is 416 g/mol. The summed E-state index contributed by atoms with van der Waals surface area (Å²) >= 11 is 5.79. The van der Waals surface area contributed by atoms with E-state index in [-0.39, 0.29) is 6.61 Å². The van der Waals surface area contributed by atoms with Crippen molar-refractivity contribution in [3.8, 4) is 11.5 Å². The molecular formula is C24H19ClN2O4. The lowest BCUT2D eigenvalue weighted by Crippen LogP contribution is -2.24. The number of esters is 1. The largest absolute Gasteiger partial charge is 0.484 e. The molecule has 1 amide bonds. The van der Waals surface area contributed by atoms with E-state index in [0.717, 1.165) is 11.1 Å². The number of nitrogens with zero attached hydrogens (tertiary/aromatic N) is 1. The molecule has 1 N–H and O–H groups in total. The zero-order chi connectivity index (χ0) is 21.9. The molecule has 0 aromatic heterocycles. The van der Waals surface area contributed by atoms with Crippen molar-refractivity contribution in [2.45, 2.75) is 0 Å². The average Bonchev–Trinajstić information content (AvgIpc) is 2.79. The molecule has 0 bridgehead atoms. The van der Waals surface area contributed by atoms with Gasteiger partial charge in [0.05, 0.1) is 6.21 Å². The van der Waals surface area contributed by atoms with Crippen molar-refractivity contribution in [1.29, 1.82) is 0 Å². The Balaban J connectivity index is 1.42. The highest BCUT2D eigenvalue weighted by atomic mass is 35.5. The van der Waals surface area contributed by atoms with E-state index >= 15 is 0 Å². The van der Waals surface area contributed by atoms with Gasteiger partial charge in [-0.2, -0.15) is 5.10 Å². The molecule has 0 saturated carbocycles. The fourth-order valence-electron chi connectivity index (χ4n) is 2.39. The van der Waals surface area contributed by atoms with Crippen LogP contribution < -0.4 is 14.9 Å². The zero-order valence-corrected chi connectivity index (χ0v) is 17.2. The van der Waals surface area contributed by atoms with E-state index in [0.29, 0.717) is 16.5 Å². The highest BCUT2D eigenvalue weighted by molar-refractivity contribution is 6.30. The molecule has 0 saturated heterocycles. The first-order valence-electron chi connectivity index (χ1n) is 9.34. The van der Waals surface area contributed by atoms with Crippen molar-refractivity contribution < 1.29 is 19.1 Å². The van der Waals surface area contributed by atoms with Gasteiger partial charge in [0.2, 0.25) is 0 Å². The minimum Gasteiger partial charge on any atom is -0.484 e. The second-order valence-corrected chi connectivity index (χ2v) is 6.71. The van der Waals surface area contributed by atoms with Gasteiger partial charge in [-0.3, -0.25) is 4.79 Å². The van der Waals surface area contributed by atoms with Gasteiger partial charge in [-0.1, -0.05) is 41.9 Å². The van der Waals surface area contributed by atoms with Crippen molar-refractivity contribution in [3.63, 3.8) is 0 Å². The molecule has 0 heterocycles. The number of ether oxygens (including phenoxy) is 2. The van der Waals surface area contributed by atoms with Gasteiger partial charge in [0, 0.05) is 11.1 Å². The third-order valence-electron chi connectivity index (χ3n) is 3.90. The summed E-state index contributed by atoms with van der Waals surface area (Å²) in [6, 6.07) is 22.9. The van der Waals surface area contributed by atoms with Crippen LogP contribution in [-0.4, -0.2) is 24.7 Å². The van der Waals surface area contributed by atoms with Crippen LogP contribution in [0, 0.1) is 0 Å². The molecule has 3 aromatic carbocycles. The number of carbonyl (C=O) groups excluding carboxylic acids is 2. The van der Waals surface area contributed by atoms with E-state index in [1.807, 2.05) is 30.3 Å². The Kier molecular flexibility index (Phi) is 7.97. The van der Waals surface area contributed by atoms with Crippen LogP contribution in [0.4, 0.5) is 0 Å². The van der Waals surface area contributed by atoms with Crippen molar-refractivity contribution >= 4 is 35.8 Å². The van der Waals surface area contributed by atoms with Crippen LogP contribution in [0.3, 0.4) is 0 Å². The molecule has 0 fully saturated rings. The van der Waals surface area contributed by atoms with E-state index in [1.54, 1.807) is 54.6 Å². The molecule has 0 unspecified atom stereocenters. The molecule has 156 valence electrons. The Morgan fingerprint density at radius 1 is 0.871 bits per heavy atom. The van der Waals surface area contributed by atoms with E-state index in [9.17, 15) is 9.59 Å². The van der Waals surface area contributed by atoms with Crippen molar-refractivity contribution in [2.75, 3.05) is 6.61 Å². The normalized spacial score (nSPS) is 10.9. The summed E-state index contributed by atoms with van der Waals surface area (Å²) in [6.45, 7) is -0.176. The number of benzene rings is 3. The lowest BCUT2D eigenvalue weighted by atomic mass is 10.2. The number of rotatable bonds is 8. The van der Waals surface area contributed by atoms with E-state index in [1.165, 1.54) is 12.3 Å². The third kappa shape index (κ3) is 7.79. The van der Waals surface area contributed by atoms with Crippen LogP contribution in [0.15, 0.2) is 90.0 Å². The Morgan fingerprint density at radius 3 is 2.26 bits per heavy atom. The number of amides is 1. The predicted octanol–water partition coefficient (Wildman–Crippen LogP) is 4.49. The monoisotopic (exact) mass is 434 g/mol. The van der Waals surface area contributed by atoms with E-state index in [2.05, 4.69) is 10.5 Å². The lowest BCUT2D eigenvalue weighted by molar-refractivity contribution is -0.129. The van der Waals surface area contributed by atoms with Gasteiger partial charge in [0.15, 0.2) is 6.61 Å². The van der Waals surface area contributed by atoms with Gasteiger partial charge in [-0.05, 0) is 65.7 Å². The molecule has 0 aliphatic rings. The van der Waals surface area contributed by atoms with Gasteiger partial charge in [0.25, 0.3) is 5.91 Å². The standard InChI is InChI=1S/C24H19ClN2O4/c25-20-9-13-21(14-10-20)30-17-23(28)27-26-16-19-6-11-22(12-7-19)31-24(29)15-8-18-4-2-1-3-5-18/h1-16H,17H2,(H,27,28)/b15-8+,26-16-. The first-order valence-corrected chi connectivity index (χ1v) is 9.71. The summed E-state index contributed by atoms with van der Waals surface area (Å²) in [6.07, 6.45) is 4.52. The summed E-state index contributed by atoms with van der Waals surface area (Å²) in [7, 11) is 0. The maximum absolute atomic E-state index is 11.9. The van der Waals surface area contributed by atoms with Crippen LogP contribution in [0.25, 0.3) is 6.08 Å². The molecule has 6 nitrogen and oxygen atoms in total. The zero-order valence-electron chi connectivity index (χ0n) is 16.4. The third-order valence-corrected chi connectivity index (χ3v) is 4.15.